The van der Waals surface area contributed by atoms with Crippen molar-refractivity contribution in [3.8, 4) is 0 Å². The summed E-state index contributed by atoms with van der Waals surface area (Å²) in [5.74, 6) is 0.731. The standard InChI is InChI=1S/C13H22N4O2S/c1-3-4-9-16-13(15-2)17-10-11-5-7-12(8-6-11)20(14,18)19/h5-8H,3-4,9-10H2,1-2H3,(H2,14,18,19)(H2,15,16,17). The molecule has 1 aromatic rings. The summed E-state index contributed by atoms with van der Waals surface area (Å²) in [5.41, 5.74) is 0.954. The van der Waals surface area contributed by atoms with E-state index in [0.29, 0.717) is 6.54 Å². The molecule has 0 bridgehead atoms. The smallest absolute Gasteiger partial charge is 0.238 e. The predicted octanol–water partition coefficient (Wildman–Crippen LogP) is 0.799. The zero-order chi connectivity index (χ0) is 15.0. The highest BCUT2D eigenvalue weighted by atomic mass is 32.2. The number of unbranched alkanes of at least 4 members (excludes halogenated alkanes) is 1. The average molecular weight is 298 g/mol. The summed E-state index contributed by atoms with van der Waals surface area (Å²) >= 11 is 0. The van der Waals surface area contributed by atoms with Gasteiger partial charge in [-0.05, 0) is 24.1 Å². The van der Waals surface area contributed by atoms with E-state index >= 15 is 0 Å². The number of rotatable bonds is 6. The summed E-state index contributed by atoms with van der Waals surface area (Å²) in [6.07, 6.45) is 2.21. The van der Waals surface area contributed by atoms with Gasteiger partial charge in [0.1, 0.15) is 0 Å². The summed E-state index contributed by atoms with van der Waals surface area (Å²) in [4.78, 5) is 4.23. The monoisotopic (exact) mass is 298 g/mol. The van der Waals surface area contributed by atoms with E-state index in [1.165, 1.54) is 12.1 Å². The van der Waals surface area contributed by atoms with Gasteiger partial charge in [-0.1, -0.05) is 25.5 Å². The molecule has 0 aliphatic heterocycles. The van der Waals surface area contributed by atoms with Gasteiger partial charge in [0.15, 0.2) is 5.96 Å². The van der Waals surface area contributed by atoms with Gasteiger partial charge in [0.2, 0.25) is 10.0 Å². The van der Waals surface area contributed by atoms with Crippen molar-refractivity contribution < 1.29 is 8.42 Å². The largest absolute Gasteiger partial charge is 0.356 e. The van der Waals surface area contributed by atoms with Crippen LogP contribution in [-0.2, 0) is 16.6 Å². The SMILES string of the molecule is CCCCNC(=NC)NCc1ccc(S(N)(=O)=O)cc1. The molecule has 112 valence electrons. The lowest BCUT2D eigenvalue weighted by atomic mass is 10.2. The summed E-state index contributed by atoms with van der Waals surface area (Å²) in [6, 6.07) is 6.46. The van der Waals surface area contributed by atoms with E-state index in [0.717, 1.165) is 30.9 Å². The fourth-order valence-corrected chi connectivity index (χ4v) is 2.10. The number of hydrogen-bond acceptors (Lipinski definition) is 3. The van der Waals surface area contributed by atoms with Crippen LogP contribution >= 0.6 is 0 Å². The van der Waals surface area contributed by atoms with Crippen molar-refractivity contribution >= 4 is 16.0 Å². The fraction of sp³-hybridized carbons (Fsp3) is 0.462. The van der Waals surface area contributed by atoms with Gasteiger partial charge in [-0.2, -0.15) is 0 Å². The maximum absolute atomic E-state index is 11.1. The second-order valence-corrected chi connectivity index (χ2v) is 5.96. The van der Waals surface area contributed by atoms with Crippen molar-refractivity contribution in [2.75, 3.05) is 13.6 Å². The van der Waals surface area contributed by atoms with Crippen LogP contribution < -0.4 is 15.8 Å². The van der Waals surface area contributed by atoms with E-state index in [2.05, 4.69) is 22.5 Å². The number of hydrogen-bond donors (Lipinski definition) is 3. The second-order valence-electron chi connectivity index (χ2n) is 4.40. The van der Waals surface area contributed by atoms with Crippen LogP contribution in [0.3, 0.4) is 0 Å². The zero-order valence-corrected chi connectivity index (χ0v) is 12.7. The van der Waals surface area contributed by atoms with Crippen molar-refractivity contribution in [2.24, 2.45) is 10.1 Å². The first-order valence-corrected chi connectivity index (χ1v) is 8.08. The third-order valence-corrected chi connectivity index (χ3v) is 3.69. The predicted molar refractivity (Wildman–Crippen MR) is 80.9 cm³/mol. The molecule has 0 radical (unpaired) electrons. The summed E-state index contributed by atoms with van der Waals surface area (Å²) in [5, 5.41) is 11.4. The molecule has 0 heterocycles. The Hall–Kier alpha value is -1.60. The molecular formula is C13H22N4O2S. The van der Waals surface area contributed by atoms with Crippen LogP contribution in [0, 0.1) is 0 Å². The highest BCUT2D eigenvalue weighted by Crippen LogP contribution is 2.08. The van der Waals surface area contributed by atoms with Crippen molar-refractivity contribution in [2.45, 2.75) is 31.2 Å². The molecule has 0 fully saturated rings. The van der Waals surface area contributed by atoms with E-state index < -0.39 is 10.0 Å². The first-order valence-electron chi connectivity index (χ1n) is 6.53. The maximum atomic E-state index is 11.1. The van der Waals surface area contributed by atoms with Gasteiger partial charge in [0.25, 0.3) is 0 Å². The summed E-state index contributed by atoms with van der Waals surface area (Å²) < 4.78 is 22.3. The third kappa shape index (κ3) is 5.58. The van der Waals surface area contributed by atoms with Crippen LogP contribution in [0.5, 0.6) is 0 Å². The molecule has 0 unspecified atom stereocenters. The molecule has 4 N–H and O–H groups in total. The average Bonchev–Trinajstić information content (AvgIpc) is 2.42. The number of sulfonamides is 1. The molecule has 0 saturated carbocycles. The number of benzene rings is 1. The van der Waals surface area contributed by atoms with Gasteiger partial charge < -0.3 is 10.6 Å². The zero-order valence-electron chi connectivity index (χ0n) is 11.9. The van der Waals surface area contributed by atoms with E-state index in [1.54, 1.807) is 19.2 Å². The number of nitrogens with zero attached hydrogens (tertiary/aromatic N) is 1. The summed E-state index contributed by atoms with van der Waals surface area (Å²) in [6.45, 7) is 3.57. The van der Waals surface area contributed by atoms with Crippen molar-refractivity contribution in [3.63, 3.8) is 0 Å². The lowest BCUT2D eigenvalue weighted by molar-refractivity contribution is 0.597. The third-order valence-electron chi connectivity index (χ3n) is 2.76. The van der Waals surface area contributed by atoms with E-state index in [9.17, 15) is 8.42 Å². The Labute approximate surface area is 120 Å². The number of primary sulfonamides is 1. The molecule has 7 heteroatoms. The molecule has 0 amide bonds. The Morgan fingerprint density at radius 1 is 1.25 bits per heavy atom. The van der Waals surface area contributed by atoms with Gasteiger partial charge in [0.05, 0.1) is 4.90 Å². The van der Waals surface area contributed by atoms with Crippen molar-refractivity contribution in [1.82, 2.24) is 10.6 Å². The molecule has 1 aromatic carbocycles. The summed E-state index contributed by atoms with van der Waals surface area (Å²) in [7, 11) is -1.91. The molecular weight excluding hydrogens is 276 g/mol. The quantitative estimate of drug-likeness (QED) is 0.411. The van der Waals surface area contributed by atoms with E-state index in [4.69, 9.17) is 5.14 Å². The molecule has 0 atom stereocenters. The molecule has 0 aliphatic carbocycles. The van der Waals surface area contributed by atoms with Gasteiger partial charge in [-0.3, -0.25) is 4.99 Å². The molecule has 0 saturated heterocycles. The van der Waals surface area contributed by atoms with Crippen LogP contribution in [0.1, 0.15) is 25.3 Å². The van der Waals surface area contributed by atoms with Gasteiger partial charge in [0, 0.05) is 20.1 Å². The van der Waals surface area contributed by atoms with Crippen molar-refractivity contribution in [3.05, 3.63) is 29.8 Å². The van der Waals surface area contributed by atoms with Crippen LogP contribution in [0.15, 0.2) is 34.2 Å². The minimum atomic E-state index is -3.63. The van der Waals surface area contributed by atoms with Crippen LogP contribution in [0.4, 0.5) is 0 Å². The molecule has 0 aromatic heterocycles. The first-order chi connectivity index (χ1) is 9.47. The second kappa shape index (κ2) is 7.86. The Bertz CT molecular complexity index is 538. The Balaban J connectivity index is 2.53. The molecule has 1 rings (SSSR count). The maximum Gasteiger partial charge on any atom is 0.238 e. The molecule has 20 heavy (non-hydrogen) atoms. The fourth-order valence-electron chi connectivity index (χ4n) is 1.59. The topological polar surface area (TPSA) is 96.6 Å². The van der Waals surface area contributed by atoms with Gasteiger partial charge in [-0.25, -0.2) is 13.6 Å². The first kappa shape index (κ1) is 16.5. The highest BCUT2D eigenvalue weighted by molar-refractivity contribution is 7.89. The molecule has 0 spiro atoms. The van der Waals surface area contributed by atoms with Crippen LogP contribution in [-0.4, -0.2) is 28.0 Å². The van der Waals surface area contributed by atoms with E-state index in [-0.39, 0.29) is 4.90 Å². The highest BCUT2D eigenvalue weighted by Gasteiger charge is 2.06. The Morgan fingerprint density at radius 2 is 1.90 bits per heavy atom. The number of guanidine groups is 1. The number of nitrogens with two attached hydrogens (primary N) is 1. The van der Waals surface area contributed by atoms with Gasteiger partial charge in [-0.15, -0.1) is 0 Å². The van der Waals surface area contributed by atoms with Gasteiger partial charge >= 0.3 is 0 Å². The minimum absolute atomic E-state index is 0.117. The van der Waals surface area contributed by atoms with E-state index in [1.807, 2.05) is 0 Å². The lowest BCUT2D eigenvalue weighted by Crippen LogP contribution is -2.37. The molecule has 6 nitrogen and oxygen atoms in total. The van der Waals surface area contributed by atoms with Crippen molar-refractivity contribution in [1.29, 1.82) is 0 Å². The number of aliphatic imine (C=N–C) groups is 1. The molecule has 0 aliphatic rings. The number of nitrogens with one attached hydrogen (secondary N) is 2. The Kier molecular flexibility index (Phi) is 6.47. The normalized spacial score (nSPS) is 12.2. The van der Waals surface area contributed by atoms with Crippen LogP contribution in [0.25, 0.3) is 0 Å². The van der Waals surface area contributed by atoms with Crippen LogP contribution in [0.2, 0.25) is 0 Å². The Morgan fingerprint density at radius 3 is 2.40 bits per heavy atom. The lowest BCUT2D eigenvalue weighted by Gasteiger charge is -2.11. The minimum Gasteiger partial charge on any atom is -0.356 e.